The van der Waals surface area contributed by atoms with Crippen LogP contribution < -0.4 is 15.8 Å². The molecule has 1 aliphatic rings. The van der Waals surface area contributed by atoms with Gasteiger partial charge in [-0.25, -0.2) is 4.98 Å². The molecule has 0 saturated heterocycles. The molecule has 4 rings (SSSR count). The molecule has 3 aromatic rings. The Labute approximate surface area is 146 Å². The lowest BCUT2D eigenvalue weighted by molar-refractivity contribution is 0.458. The van der Waals surface area contributed by atoms with Crippen LogP contribution in [0, 0.1) is 0 Å². The van der Waals surface area contributed by atoms with Crippen LogP contribution in [0.25, 0.3) is 10.9 Å². The number of fused-ring (bicyclic) bond motifs is 1. The number of pyridine rings is 1. The summed E-state index contributed by atoms with van der Waals surface area (Å²) < 4.78 is 5.97. The van der Waals surface area contributed by atoms with Crippen LogP contribution >= 0.6 is 0 Å². The van der Waals surface area contributed by atoms with Gasteiger partial charge in [-0.05, 0) is 25.0 Å². The Kier molecular flexibility index (Phi) is 4.33. The number of aromatic nitrogens is 3. The molecule has 1 saturated carbocycles. The SMILES string of the molecule is Nc1c(NC2CCCCC2)ncnc1Oc1cccc2cccnc12. The average molecular weight is 335 g/mol. The smallest absolute Gasteiger partial charge is 0.248 e. The minimum Gasteiger partial charge on any atom is -0.435 e. The zero-order valence-corrected chi connectivity index (χ0v) is 14.0. The van der Waals surface area contributed by atoms with E-state index in [0.29, 0.717) is 29.2 Å². The van der Waals surface area contributed by atoms with Gasteiger partial charge in [0.2, 0.25) is 5.88 Å². The Morgan fingerprint density at radius 3 is 2.72 bits per heavy atom. The lowest BCUT2D eigenvalue weighted by Gasteiger charge is -2.24. The first-order chi connectivity index (χ1) is 12.3. The Balaban J connectivity index is 1.61. The number of nitrogens with two attached hydrogens (primary N) is 1. The molecule has 6 heteroatoms. The fourth-order valence-electron chi connectivity index (χ4n) is 3.28. The quantitative estimate of drug-likeness (QED) is 0.745. The molecule has 1 fully saturated rings. The van der Waals surface area contributed by atoms with Crippen LogP contribution in [0.15, 0.2) is 42.9 Å². The Hall–Kier alpha value is -2.89. The van der Waals surface area contributed by atoms with Crippen molar-refractivity contribution in [3.63, 3.8) is 0 Å². The predicted octanol–water partition coefficient (Wildman–Crippen LogP) is 4.14. The lowest BCUT2D eigenvalue weighted by atomic mass is 9.95. The van der Waals surface area contributed by atoms with E-state index in [4.69, 9.17) is 10.5 Å². The van der Waals surface area contributed by atoms with Gasteiger partial charge in [-0.2, -0.15) is 4.98 Å². The zero-order chi connectivity index (χ0) is 17.1. The highest BCUT2D eigenvalue weighted by Crippen LogP contribution is 2.33. The average Bonchev–Trinajstić information content (AvgIpc) is 2.66. The Bertz CT molecular complexity index is 871. The van der Waals surface area contributed by atoms with Crippen molar-refractivity contribution in [1.82, 2.24) is 15.0 Å². The highest BCUT2D eigenvalue weighted by molar-refractivity contribution is 5.84. The molecule has 25 heavy (non-hydrogen) atoms. The van der Waals surface area contributed by atoms with Crippen molar-refractivity contribution in [2.45, 2.75) is 38.1 Å². The number of para-hydroxylation sites is 1. The van der Waals surface area contributed by atoms with Crippen molar-refractivity contribution in [1.29, 1.82) is 0 Å². The van der Waals surface area contributed by atoms with E-state index in [9.17, 15) is 0 Å². The van der Waals surface area contributed by atoms with Gasteiger partial charge in [0.25, 0.3) is 0 Å². The van der Waals surface area contributed by atoms with E-state index in [1.807, 2.05) is 30.3 Å². The number of hydrogen-bond acceptors (Lipinski definition) is 6. The summed E-state index contributed by atoms with van der Waals surface area (Å²) in [6.07, 6.45) is 9.31. The summed E-state index contributed by atoms with van der Waals surface area (Å²) in [4.78, 5) is 12.9. The molecular formula is C19H21N5O. The third-order valence-corrected chi connectivity index (χ3v) is 4.60. The molecule has 0 radical (unpaired) electrons. The van der Waals surface area contributed by atoms with Crippen LogP contribution in [0.2, 0.25) is 0 Å². The summed E-state index contributed by atoms with van der Waals surface area (Å²) in [6.45, 7) is 0. The van der Waals surface area contributed by atoms with Crippen LogP contribution in [0.5, 0.6) is 11.6 Å². The predicted molar refractivity (Wildman–Crippen MR) is 98.8 cm³/mol. The number of anilines is 2. The molecule has 0 bridgehead atoms. The van der Waals surface area contributed by atoms with Gasteiger partial charge in [-0.1, -0.05) is 37.5 Å². The van der Waals surface area contributed by atoms with Crippen molar-refractivity contribution in [3.05, 3.63) is 42.9 Å². The summed E-state index contributed by atoms with van der Waals surface area (Å²) in [6, 6.07) is 10.1. The summed E-state index contributed by atoms with van der Waals surface area (Å²) in [7, 11) is 0. The summed E-state index contributed by atoms with van der Waals surface area (Å²) in [5.41, 5.74) is 7.47. The molecular weight excluding hydrogens is 314 g/mol. The fraction of sp³-hybridized carbons (Fsp3) is 0.316. The number of hydrogen-bond donors (Lipinski definition) is 2. The van der Waals surface area contributed by atoms with E-state index in [-0.39, 0.29) is 0 Å². The van der Waals surface area contributed by atoms with Crippen molar-refractivity contribution in [2.75, 3.05) is 11.1 Å². The second-order valence-electron chi connectivity index (χ2n) is 6.35. The van der Waals surface area contributed by atoms with Crippen molar-refractivity contribution >= 4 is 22.4 Å². The molecule has 0 atom stereocenters. The number of nitrogens with zero attached hydrogens (tertiary/aromatic N) is 3. The maximum absolute atomic E-state index is 6.26. The third-order valence-electron chi connectivity index (χ3n) is 4.60. The number of nitrogen functional groups attached to an aromatic ring is 1. The third kappa shape index (κ3) is 3.33. The van der Waals surface area contributed by atoms with Crippen LogP contribution in [-0.4, -0.2) is 21.0 Å². The first-order valence-corrected chi connectivity index (χ1v) is 8.70. The van der Waals surface area contributed by atoms with E-state index in [1.165, 1.54) is 25.6 Å². The molecule has 0 amide bonds. The van der Waals surface area contributed by atoms with Crippen LogP contribution in [0.4, 0.5) is 11.5 Å². The van der Waals surface area contributed by atoms with Gasteiger partial charge in [-0.15, -0.1) is 0 Å². The molecule has 2 heterocycles. The first kappa shape index (κ1) is 15.6. The largest absolute Gasteiger partial charge is 0.435 e. The Morgan fingerprint density at radius 2 is 1.84 bits per heavy atom. The minimum atomic E-state index is 0.353. The molecule has 2 aromatic heterocycles. The normalized spacial score (nSPS) is 15.2. The first-order valence-electron chi connectivity index (χ1n) is 8.70. The molecule has 0 unspecified atom stereocenters. The summed E-state index contributed by atoms with van der Waals surface area (Å²) in [5, 5.41) is 4.45. The molecule has 3 N–H and O–H groups in total. The number of nitrogens with one attached hydrogen (secondary N) is 1. The maximum Gasteiger partial charge on any atom is 0.248 e. The number of benzene rings is 1. The second-order valence-corrected chi connectivity index (χ2v) is 6.35. The van der Waals surface area contributed by atoms with E-state index < -0.39 is 0 Å². The van der Waals surface area contributed by atoms with Gasteiger partial charge in [0.05, 0.1) is 0 Å². The van der Waals surface area contributed by atoms with Crippen molar-refractivity contribution in [3.8, 4) is 11.6 Å². The lowest BCUT2D eigenvalue weighted by Crippen LogP contribution is -2.23. The molecule has 0 spiro atoms. The second kappa shape index (κ2) is 6.93. The summed E-state index contributed by atoms with van der Waals surface area (Å²) >= 11 is 0. The monoisotopic (exact) mass is 335 g/mol. The van der Waals surface area contributed by atoms with Gasteiger partial charge < -0.3 is 15.8 Å². The summed E-state index contributed by atoms with van der Waals surface area (Å²) in [5.74, 6) is 1.63. The van der Waals surface area contributed by atoms with E-state index in [2.05, 4.69) is 20.3 Å². The topological polar surface area (TPSA) is 86.0 Å². The Morgan fingerprint density at radius 1 is 1.00 bits per heavy atom. The van der Waals surface area contributed by atoms with E-state index in [1.54, 1.807) is 6.20 Å². The van der Waals surface area contributed by atoms with Crippen LogP contribution in [0.1, 0.15) is 32.1 Å². The van der Waals surface area contributed by atoms with Crippen molar-refractivity contribution < 1.29 is 4.74 Å². The highest BCUT2D eigenvalue weighted by Gasteiger charge is 2.17. The standard InChI is InChI=1S/C19H21N5O/c20-16-18(24-14-8-2-1-3-9-14)22-12-23-19(16)25-15-10-4-6-13-7-5-11-21-17(13)15/h4-7,10-12,14H,1-3,8-9,20H2,(H,22,23,24). The molecule has 6 nitrogen and oxygen atoms in total. The molecule has 0 aliphatic heterocycles. The molecule has 1 aromatic carbocycles. The van der Waals surface area contributed by atoms with E-state index in [0.717, 1.165) is 23.7 Å². The molecule has 1 aliphatic carbocycles. The van der Waals surface area contributed by atoms with Crippen molar-refractivity contribution in [2.24, 2.45) is 0 Å². The maximum atomic E-state index is 6.26. The van der Waals surface area contributed by atoms with E-state index >= 15 is 0 Å². The van der Waals surface area contributed by atoms with Gasteiger partial charge in [0.15, 0.2) is 11.6 Å². The highest BCUT2D eigenvalue weighted by atomic mass is 16.5. The van der Waals surface area contributed by atoms with Crippen LogP contribution in [0.3, 0.4) is 0 Å². The number of rotatable bonds is 4. The van der Waals surface area contributed by atoms with Gasteiger partial charge in [0, 0.05) is 17.6 Å². The van der Waals surface area contributed by atoms with Gasteiger partial charge >= 0.3 is 0 Å². The fourth-order valence-corrected chi connectivity index (χ4v) is 3.28. The van der Waals surface area contributed by atoms with Crippen LogP contribution in [-0.2, 0) is 0 Å². The van der Waals surface area contributed by atoms with Gasteiger partial charge in [0.1, 0.15) is 17.5 Å². The number of ether oxygens (including phenoxy) is 1. The molecule has 128 valence electrons. The minimum absolute atomic E-state index is 0.353. The zero-order valence-electron chi connectivity index (χ0n) is 14.0. The van der Waals surface area contributed by atoms with Gasteiger partial charge in [-0.3, -0.25) is 4.98 Å².